The van der Waals surface area contributed by atoms with Gasteiger partial charge in [-0.3, -0.25) is 0 Å². The molecule has 2 rings (SSSR count). The highest BCUT2D eigenvalue weighted by Gasteiger charge is 2.70. The van der Waals surface area contributed by atoms with Crippen LogP contribution in [-0.4, -0.2) is 14.6 Å². The molecule has 13 heavy (non-hydrogen) atoms. The Bertz CT molecular complexity index is 295. The van der Waals surface area contributed by atoms with Gasteiger partial charge in [0.15, 0.2) is 4.33 Å². The van der Waals surface area contributed by atoms with Crippen LogP contribution in [0.15, 0.2) is 10.1 Å². The molecular formula is C7H4Cl6. The highest BCUT2D eigenvalue weighted by atomic mass is 35.5. The van der Waals surface area contributed by atoms with Crippen molar-refractivity contribution in [1.29, 1.82) is 0 Å². The zero-order valence-corrected chi connectivity index (χ0v) is 10.7. The van der Waals surface area contributed by atoms with Gasteiger partial charge in [-0.05, 0) is 6.42 Å². The fourth-order valence-electron chi connectivity index (χ4n) is 1.88. The van der Waals surface area contributed by atoms with E-state index in [0.717, 1.165) is 0 Å². The summed E-state index contributed by atoms with van der Waals surface area (Å²) in [5.41, 5.74) is 0. The Morgan fingerprint density at radius 3 is 2.00 bits per heavy atom. The number of fused-ring (bicyclic) bond motifs is 2. The van der Waals surface area contributed by atoms with Crippen molar-refractivity contribution < 1.29 is 0 Å². The molecule has 0 heterocycles. The van der Waals surface area contributed by atoms with Gasteiger partial charge in [-0.2, -0.15) is 0 Å². The standard InChI is InChI=1S/C7H4Cl6/c8-2-1-6(11)5(10)4(9)3(2)7(6,12)13/h2-3H,1H2. The predicted octanol–water partition coefficient (Wildman–Crippen LogP) is 4.47. The van der Waals surface area contributed by atoms with E-state index in [9.17, 15) is 0 Å². The molecule has 3 atom stereocenters. The summed E-state index contributed by atoms with van der Waals surface area (Å²) in [5, 5.41) is 0.484. The van der Waals surface area contributed by atoms with Crippen LogP contribution < -0.4 is 0 Å². The Morgan fingerprint density at radius 2 is 1.69 bits per heavy atom. The van der Waals surface area contributed by atoms with Crippen LogP contribution in [0.25, 0.3) is 0 Å². The Labute approximate surface area is 106 Å². The van der Waals surface area contributed by atoms with Crippen molar-refractivity contribution in [1.82, 2.24) is 0 Å². The van der Waals surface area contributed by atoms with Gasteiger partial charge in [0.1, 0.15) is 4.87 Å². The zero-order chi connectivity index (χ0) is 10.0. The molecule has 0 aromatic carbocycles. The molecule has 0 amide bonds. The van der Waals surface area contributed by atoms with Gasteiger partial charge in [0.25, 0.3) is 0 Å². The van der Waals surface area contributed by atoms with Crippen molar-refractivity contribution in [2.24, 2.45) is 5.92 Å². The maximum Gasteiger partial charge on any atom is 0.151 e. The third-order valence-electron chi connectivity index (χ3n) is 2.59. The third kappa shape index (κ3) is 1.14. The lowest BCUT2D eigenvalue weighted by Crippen LogP contribution is -2.35. The number of alkyl halides is 4. The molecule has 0 nitrogen and oxygen atoms in total. The molecule has 74 valence electrons. The van der Waals surface area contributed by atoms with E-state index >= 15 is 0 Å². The molecule has 0 radical (unpaired) electrons. The SMILES string of the molecule is ClC1=C(Cl)C2(Cl)CC(Cl)C1C2(Cl)Cl. The van der Waals surface area contributed by atoms with Gasteiger partial charge in [-0.15, -0.1) is 23.2 Å². The minimum atomic E-state index is -1.19. The van der Waals surface area contributed by atoms with Crippen LogP contribution in [0, 0.1) is 5.92 Å². The second-order valence-electron chi connectivity index (χ2n) is 3.28. The summed E-state index contributed by atoms with van der Waals surface area (Å²) < 4.78 is -1.19. The van der Waals surface area contributed by atoms with Gasteiger partial charge in [0.05, 0.1) is 5.03 Å². The monoisotopic (exact) mass is 298 g/mol. The lowest BCUT2D eigenvalue weighted by molar-refractivity contribution is 0.652. The Kier molecular flexibility index (Phi) is 2.53. The summed E-state index contributed by atoms with van der Waals surface area (Å²) in [6, 6.07) is 0. The van der Waals surface area contributed by atoms with Crippen LogP contribution in [0.4, 0.5) is 0 Å². The van der Waals surface area contributed by atoms with Crippen molar-refractivity contribution in [3.63, 3.8) is 0 Å². The summed E-state index contributed by atoms with van der Waals surface area (Å²) in [5.74, 6) is -0.357. The van der Waals surface area contributed by atoms with E-state index < -0.39 is 9.21 Å². The van der Waals surface area contributed by atoms with Crippen LogP contribution in [0.2, 0.25) is 0 Å². The molecule has 1 saturated carbocycles. The first-order valence-electron chi connectivity index (χ1n) is 3.59. The molecule has 0 N–H and O–H groups in total. The number of allylic oxidation sites excluding steroid dienone is 2. The molecule has 0 saturated heterocycles. The molecule has 0 spiro atoms. The maximum absolute atomic E-state index is 6.21. The average molecular weight is 301 g/mol. The quantitative estimate of drug-likeness (QED) is 0.579. The second kappa shape index (κ2) is 2.99. The van der Waals surface area contributed by atoms with Crippen molar-refractivity contribution in [3.05, 3.63) is 10.1 Å². The van der Waals surface area contributed by atoms with Crippen molar-refractivity contribution in [2.45, 2.75) is 21.0 Å². The van der Waals surface area contributed by atoms with Gasteiger partial charge in [0, 0.05) is 16.3 Å². The first-order chi connectivity index (χ1) is 5.82. The minimum Gasteiger partial charge on any atom is -0.122 e. The van der Waals surface area contributed by atoms with Crippen LogP contribution in [0.1, 0.15) is 6.42 Å². The summed E-state index contributed by atoms with van der Waals surface area (Å²) >= 11 is 36.3. The van der Waals surface area contributed by atoms with Gasteiger partial charge in [-0.25, -0.2) is 0 Å². The first kappa shape index (κ1) is 11.0. The fraction of sp³-hybridized carbons (Fsp3) is 0.714. The number of rotatable bonds is 0. The largest absolute Gasteiger partial charge is 0.151 e. The van der Waals surface area contributed by atoms with Crippen molar-refractivity contribution in [2.75, 3.05) is 0 Å². The van der Waals surface area contributed by atoms with Gasteiger partial charge in [-0.1, -0.05) is 46.4 Å². The van der Waals surface area contributed by atoms with E-state index in [4.69, 9.17) is 69.6 Å². The summed E-state index contributed by atoms with van der Waals surface area (Å²) in [7, 11) is 0. The van der Waals surface area contributed by atoms with Crippen LogP contribution in [0.5, 0.6) is 0 Å². The summed E-state index contributed by atoms with van der Waals surface area (Å²) in [4.78, 5) is -1.01. The Hall–Kier alpha value is 1.48. The van der Waals surface area contributed by atoms with Gasteiger partial charge >= 0.3 is 0 Å². The lowest BCUT2D eigenvalue weighted by atomic mass is 10.1. The molecule has 2 aliphatic rings. The Morgan fingerprint density at radius 1 is 1.15 bits per heavy atom. The molecule has 0 aliphatic heterocycles. The van der Waals surface area contributed by atoms with Crippen LogP contribution in [-0.2, 0) is 0 Å². The predicted molar refractivity (Wildman–Crippen MR) is 59.5 cm³/mol. The van der Waals surface area contributed by atoms with Crippen LogP contribution in [0.3, 0.4) is 0 Å². The van der Waals surface area contributed by atoms with Crippen molar-refractivity contribution >= 4 is 69.6 Å². The molecule has 2 bridgehead atoms. The number of hydrogen-bond donors (Lipinski definition) is 0. The normalized spacial score (nSPS) is 47.5. The Balaban J connectivity index is 2.58. The molecule has 0 aromatic rings. The van der Waals surface area contributed by atoms with Gasteiger partial charge < -0.3 is 0 Å². The maximum atomic E-state index is 6.21. The number of hydrogen-bond acceptors (Lipinski definition) is 0. The number of halogens is 6. The third-order valence-corrected chi connectivity index (χ3v) is 6.09. The molecule has 2 aliphatic carbocycles. The van der Waals surface area contributed by atoms with E-state index in [-0.39, 0.29) is 11.3 Å². The smallest absolute Gasteiger partial charge is 0.122 e. The average Bonchev–Trinajstić information content (AvgIpc) is 2.22. The van der Waals surface area contributed by atoms with Crippen LogP contribution >= 0.6 is 69.6 Å². The van der Waals surface area contributed by atoms with E-state index in [0.29, 0.717) is 16.5 Å². The summed E-state index contributed by atoms with van der Waals surface area (Å²) in [6.07, 6.45) is 0.447. The first-order valence-corrected chi connectivity index (χ1v) is 5.91. The second-order valence-corrected chi connectivity index (χ2v) is 6.66. The van der Waals surface area contributed by atoms with E-state index in [1.165, 1.54) is 0 Å². The highest BCUT2D eigenvalue weighted by Crippen LogP contribution is 2.68. The minimum absolute atomic E-state index is 0.248. The highest BCUT2D eigenvalue weighted by molar-refractivity contribution is 6.60. The molecular weight excluding hydrogens is 297 g/mol. The lowest BCUT2D eigenvalue weighted by Gasteiger charge is -2.27. The molecule has 6 heteroatoms. The molecule has 3 unspecified atom stereocenters. The van der Waals surface area contributed by atoms with E-state index in [1.54, 1.807) is 0 Å². The topological polar surface area (TPSA) is 0 Å². The van der Waals surface area contributed by atoms with Crippen molar-refractivity contribution in [3.8, 4) is 0 Å². The van der Waals surface area contributed by atoms with E-state index in [1.807, 2.05) is 0 Å². The van der Waals surface area contributed by atoms with E-state index in [2.05, 4.69) is 0 Å². The zero-order valence-electron chi connectivity index (χ0n) is 6.13. The summed E-state index contributed by atoms with van der Waals surface area (Å²) in [6.45, 7) is 0. The van der Waals surface area contributed by atoms with Gasteiger partial charge in [0.2, 0.25) is 0 Å². The molecule has 1 fully saturated rings. The molecule has 0 aromatic heterocycles. The fourth-order valence-corrected chi connectivity index (χ4v) is 5.02.